The average Bonchev–Trinajstić information content (AvgIpc) is 3.50. The maximum Gasteiger partial charge on any atom is -1.00 e. The van der Waals surface area contributed by atoms with Crippen molar-refractivity contribution in [2.75, 3.05) is 0 Å². The van der Waals surface area contributed by atoms with Crippen molar-refractivity contribution >= 4 is 18.7 Å². The summed E-state index contributed by atoms with van der Waals surface area (Å²) in [5.74, 6) is 0. The molecule has 2 aliphatic carbocycles. The van der Waals surface area contributed by atoms with Crippen LogP contribution in [0.1, 0.15) is 32.4 Å². The molecular formula is C31H29Zr. The fourth-order valence-electron chi connectivity index (χ4n) is 6.64. The van der Waals surface area contributed by atoms with Crippen molar-refractivity contribution in [3.05, 3.63) is 144 Å². The molecule has 1 heteroatoms. The summed E-state index contributed by atoms with van der Waals surface area (Å²) in [4.78, 5) is 0. The zero-order valence-electron chi connectivity index (χ0n) is 20.4. The molecule has 0 spiro atoms. The van der Waals surface area contributed by atoms with Crippen LogP contribution in [0.3, 0.4) is 0 Å². The standard InChI is InChI=1S/2C9H7.2C6H5.CH3.Zr.2H/c2*1-2-5-9-7-3-6-8(9)4-1;2*1-2-4-6-5-3-1;;;;/h2*1-7H;2*1-5H;1H3;;;/q;;;;;+2;2*-1. The van der Waals surface area contributed by atoms with E-state index in [9.17, 15) is 0 Å². The van der Waals surface area contributed by atoms with Crippen molar-refractivity contribution in [3.63, 3.8) is 0 Å². The maximum absolute atomic E-state index is 4.17. The molecule has 2 atom stereocenters. The van der Waals surface area contributed by atoms with Gasteiger partial charge in [0.1, 0.15) is 0 Å². The van der Waals surface area contributed by atoms with E-state index in [1.165, 1.54) is 22.3 Å². The van der Waals surface area contributed by atoms with Crippen molar-refractivity contribution in [1.82, 2.24) is 0 Å². The zero-order chi connectivity index (χ0) is 21.6. The summed E-state index contributed by atoms with van der Waals surface area (Å²) in [6.07, 6.45) is 9.80. The molecule has 0 aromatic heterocycles. The van der Waals surface area contributed by atoms with Gasteiger partial charge in [-0.2, -0.15) is 0 Å². The first-order valence-corrected chi connectivity index (χ1v) is 19.3. The van der Waals surface area contributed by atoms with Gasteiger partial charge in [0.25, 0.3) is 0 Å². The summed E-state index contributed by atoms with van der Waals surface area (Å²) >= 11 is -4.17. The molecule has 4 aromatic rings. The van der Waals surface area contributed by atoms with E-state index in [0.29, 0.717) is 7.25 Å². The molecule has 6 rings (SSSR count). The van der Waals surface area contributed by atoms with Crippen molar-refractivity contribution in [1.29, 1.82) is 0 Å². The van der Waals surface area contributed by atoms with E-state index >= 15 is 0 Å². The Hall–Kier alpha value is -2.76. The Labute approximate surface area is 195 Å². The van der Waals surface area contributed by atoms with Gasteiger partial charge in [0.15, 0.2) is 0 Å². The van der Waals surface area contributed by atoms with Gasteiger partial charge < -0.3 is 2.85 Å². The molecule has 0 saturated heterocycles. The van der Waals surface area contributed by atoms with Gasteiger partial charge in [0.05, 0.1) is 0 Å². The van der Waals surface area contributed by atoms with Gasteiger partial charge in [-0.25, -0.2) is 0 Å². The summed E-state index contributed by atoms with van der Waals surface area (Å²) in [6.45, 7) is 0. The van der Waals surface area contributed by atoms with Crippen LogP contribution in [0.4, 0.5) is 0 Å². The van der Waals surface area contributed by atoms with Gasteiger partial charge in [-0.3, -0.25) is 0 Å². The van der Waals surface area contributed by atoms with Gasteiger partial charge in [-0.15, -0.1) is 0 Å². The number of fused-ring (bicyclic) bond motifs is 2. The topological polar surface area (TPSA) is 0 Å². The summed E-state index contributed by atoms with van der Waals surface area (Å²) in [5.41, 5.74) is 5.74. The first-order valence-electron chi connectivity index (χ1n) is 11.5. The van der Waals surface area contributed by atoms with E-state index in [2.05, 4.69) is 138 Å². The second kappa shape index (κ2) is 7.39. The molecule has 0 N–H and O–H groups in total. The van der Waals surface area contributed by atoms with Crippen LogP contribution in [0.25, 0.3) is 12.2 Å². The van der Waals surface area contributed by atoms with Crippen molar-refractivity contribution in [2.24, 2.45) is 0 Å². The molecule has 0 amide bonds. The van der Waals surface area contributed by atoms with Crippen LogP contribution >= 0.6 is 0 Å². The molecule has 2 unspecified atom stereocenters. The molecule has 0 fully saturated rings. The first-order chi connectivity index (χ1) is 15.7. The third-order valence-corrected chi connectivity index (χ3v) is 27.8. The zero-order valence-corrected chi connectivity index (χ0v) is 20.8. The molecule has 0 saturated carbocycles. The van der Waals surface area contributed by atoms with Crippen molar-refractivity contribution in [2.45, 2.75) is 11.9 Å². The van der Waals surface area contributed by atoms with Crippen LogP contribution in [0.2, 0.25) is 4.63 Å². The molecule has 157 valence electrons. The van der Waals surface area contributed by atoms with Crippen LogP contribution in [-0.2, 0) is 18.8 Å². The SMILES string of the molecule is [CH3][Zr+2]([c]1ccccc1)([c]1ccccc1)([CH]1C=Cc2ccccc21)[CH]1C=Cc2ccccc21.[H-].[H-]. The van der Waals surface area contributed by atoms with Crippen LogP contribution in [0, 0.1) is 0 Å². The van der Waals surface area contributed by atoms with Gasteiger partial charge in [0.2, 0.25) is 0 Å². The Kier molecular flexibility index (Phi) is 4.60. The Morgan fingerprint density at radius 3 is 1.31 bits per heavy atom. The summed E-state index contributed by atoms with van der Waals surface area (Å²) < 4.78 is 6.62. The summed E-state index contributed by atoms with van der Waals surface area (Å²) in [6, 6.07) is 41.0. The molecule has 0 nitrogen and oxygen atoms in total. The van der Waals surface area contributed by atoms with Gasteiger partial charge in [-0.1, -0.05) is 0 Å². The number of allylic oxidation sites excluding steroid dienone is 2. The van der Waals surface area contributed by atoms with E-state index in [1.807, 2.05) is 0 Å². The van der Waals surface area contributed by atoms with Crippen LogP contribution in [-0.4, -0.2) is 0 Å². The fraction of sp³-hybridized carbons (Fsp3) is 0.0968. The second-order valence-corrected chi connectivity index (χ2v) is 25.1. The van der Waals surface area contributed by atoms with E-state index < -0.39 is 18.8 Å². The molecule has 2 aliphatic rings. The van der Waals surface area contributed by atoms with Gasteiger partial charge in [-0.05, 0) is 0 Å². The Morgan fingerprint density at radius 1 is 0.500 bits per heavy atom. The first kappa shape index (κ1) is 19.9. The fourth-order valence-corrected chi connectivity index (χ4v) is 25.4. The van der Waals surface area contributed by atoms with E-state index in [1.54, 1.807) is 6.54 Å². The Balaban J connectivity index is 0.00000137. The van der Waals surface area contributed by atoms with Gasteiger partial charge in [0, 0.05) is 0 Å². The normalized spacial score (nSPS) is 19.1. The van der Waals surface area contributed by atoms with Crippen molar-refractivity contribution in [3.8, 4) is 0 Å². The van der Waals surface area contributed by atoms with Crippen molar-refractivity contribution < 1.29 is 21.6 Å². The Bertz CT molecular complexity index is 1250. The number of benzene rings is 4. The molecule has 0 heterocycles. The maximum atomic E-state index is 2.71. The van der Waals surface area contributed by atoms with E-state index in [4.69, 9.17) is 0 Å². The molecule has 32 heavy (non-hydrogen) atoms. The van der Waals surface area contributed by atoms with E-state index in [-0.39, 0.29) is 2.85 Å². The third-order valence-electron chi connectivity index (χ3n) is 8.28. The minimum Gasteiger partial charge on any atom is -1.00 e. The van der Waals surface area contributed by atoms with Gasteiger partial charge >= 0.3 is 193 Å². The average molecular weight is 493 g/mol. The number of hydrogen-bond donors (Lipinski definition) is 0. The number of rotatable bonds is 4. The second-order valence-electron chi connectivity index (χ2n) is 9.61. The minimum absolute atomic E-state index is 0. The monoisotopic (exact) mass is 491 g/mol. The van der Waals surface area contributed by atoms with E-state index in [0.717, 1.165) is 0 Å². The molecule has 4 aromatic carbocycles. The van der Waals surface area contributed by atoms with Crippen LogP contribution < -0.4 is 6.54 Å². The Morgan fingerprint density at radius 2 is 0.875 bits per heavy atom. The predicted molar refractivity (Wildman–Crippen MR) is 137 cm³/mol. The molecule has 0 aliphatic heterocycles. The molecule has 0 bridgehead atoms. The smallest absolute Gasteiger partial charge is 1.00 e. The van der Waals surface area contributed by atoms with Crippen LogP contribution in [0.15, 0.2) is 121 Å². The largest absolute Gasteiger partial charge is 1.00 e. The summed E-state index contributed by atoms with van der Waals surface area (Å²) in [5, 5.41) is 0. The summed E-state index contributed by atoms with van der Waals surface area (Å²) in [7, 11) is 0. The number of hydrogen-bond acceptors (Lipinski definition) is 0. The predicted octanol–water partition coefficient (Wildman–Crippen LogP) is 7.14. The minimum atomic E-state index is -4.17. The molecular weight excluding hydrogens is 464 g/mol. The quantitative estimate of drug-likeness (QED) is 0.284. The molecule has 0 radical (unpaired) electrons. The third kappa shape index (κ3) is 2.58. The van der Waals surface area contributed by atoms with Crippen LogP contribution in [0.5, 0.6) is 0 Å².